The summed E-state index contributed by atoms with van der Waals surface area (Å²) in [7, 11) is 0. The van der Waals surface area contributed by atoms with Crippen molar-refractivity contribution in [3.05, 3.63) is 78.3 Å². The van der Waals surface area contributed by atoms with Crippen LogP contribution in [0.15, 0.2) is 71.1 Å². The topological polar surface area (TPSA) is 93.3 Å². The van der Waals surface area contributed by atoms with Gasteiger partial charge in [0.2, 0.25) is 5.91 Å². The average molecular weight is 460 g/mol. The van der Waals surface area contributed by atoms with Crippen molar-refractivity contribution in [1.29, 1.82) is 0 Å². The highest BCUT2D eigenvalue weighted by atomic mass is 16.3. The number of anilines is 1. The van der Waals surface area contributed by atoms with Crippen LogP contribution in [-0.4, -0.2) is 32.3 Å². The van der Waals surface area contributed by atoms with Crippen molar-refractivity contribution < 1.29 is 14.0 Å². The molecule has 2 amide bonds. The number of benzene rings is 2. The molecule has 8 heteroatoms. The van der Waals surface area contributed by atoms with Gasteiger partial charge in [-0.25, -0.2) is 4.68 Å². The second-order valence-electron chi connectivity index (χ2n) is 8.91. The molecule has 0 saturated carbocycles. The monoisotopic (exact) mass is 459 g/mol. The number of para-hydroxylation sites is 2. The first-order valence-corrected chi connectivity index (χ1v) is 11.3. The number of carbonyl (C=O) groups excluding carboxylic acids is 2. The fourth-order valence-corrected chi connectivity index (χ4v) is 3.73. The third-order valence-electron chi connectivity index (χ3n) is 5.89. The van der Waals surface area contributed by atoms with Crippen LogP contribution in [0.5, 0.6) is 0 Å². The fraction of sp³-hybridized carbons (Fsp3) is 0.308. The lowest BCUT2D eigenvalue weighted by molar-refractivity contribution is -0.128. The first-order valence-electron chi connectivity index (χ1n) is 11.3. The first kappa shape index (κ1) is 23.2. The van der Waals surface area contributed by atoms with Crippen molar-refractivity contribution in [1.82, 2.24) is 20.3 Å². The van der Waals surface area contributed by atoms with E-state index >= 15 is 0 Å². The van der Waals surface area contributed by atoms with Gasteiger partial charge in [0.05, 0.1) is 5.52 Å². The summed E-state index contributed by atoms with van der Waals surface area (Å²) in [5.41, 5.74) is 1.57. The minimum Gasteiger partial charge on any atom is -0.464 e. The lowest BCUT2D eigenvalue weighted by atomic mass is 10.0. The van der Waals surface area contributed by atoms with Crippen LogP contribution in [0.3, 0.4) is 0 Å². The van der Waals surface area contributed by atoms with E-state index in [2.05, 4.69) is 15.6 Å². The third-order valence-corrected chi connectivity index (χ3v) is 5.89. The average Bonchev–Trinajstić information content (AvgIpc) is 3.43. The summed E-state index contributed by atoms with van der Waals surface area (Å²) in [5.74, 6) is 0.417. The minimum absolute atomic E-state index is 0.0873. The Morgan fingerprint density at radius 1 is 1.06 bits per heavy atom. The Balaban J connectivity index is 1.78. The molecule has 4 aromatic rings. The molecule has 0 aliphatic carbocycles. The quantitative estimate of drug-likeness (QED) is 0.421. The molecule has 34 heavy (non-hydrogen) atoms. The normalized spacial score (nSPS) is 12.5. The van der Waals surface area contributed by atoms with Crippen molar-refractivity contribution in [3.8, 4) is 0 Å². The molecule has 2 aromatic heterocycles. The van der Waals surface area contributed by atoms with Crippen molar-refractivity contribution >= 4 is 28.5 Å². The SMILES string of the molecule is CCC(C)(C)NC(=O)C(c1ccc(C)o1)N(C(=O)Cn1nnc2ccccc21)c1ccccc1. The largest absolute Gasteiger partial charge is 0.464 e. The lowest BCUT2D eigenvalue weighted by Gasteiger charge is -2.33. The van der Waals surface area contributed by atoms with E-state index in [-0.39, 0.29) is 18.4 Å². The van der Waals surface area contributed by atoms with E-state index in [1.54, 1.807) is 28.9 Å². The summed E-state index contributed by atoms with van der Waals surface area (Å²) in [4.78, 5) is 29.0. The predicted molar refractivity (Wildman–Crippen MR) is 130 cm³/mol. The van der Waals surface area contributed by atoms with E-state index in [9.17, 15) is 9.59 Å². The van der Waals surface area contributed by atoms with E-state index in [4.69, 9.17) is 4.42 Å². The number of carbonyl (C=O) groups is 2. The number of furan rings is 1. The van der Waals surface area contributed by atoms with Gasteiger partial charge in [0.1, 0.15) is 23.6 Å². The summed E-state index contributed by atoms with van der Waals surface area (Å²) in [5, 5.41) is 11.4. The molecule has 0 aliphatic heterocycles. The zero-order chi connectivity index (χ0) is 24.3. The Labute approximate surface area is 198 Å². The molecule has 0 saturated heterocycles. The Hall–Kier alpha value is -3.94. The van der Waals surface area contributed by atoms with E-state index in [0.717, 1.165) is 11.9 Å². The maximum Gasteiger partial charge on any atom is 0.251 e. The molecule has 1 atom stereocenters. The third kappa shape index (κ3) is 4.85. The van der Waals surface area contributed by atoms with Gasteiger partial charge in [-0.1, -0.05) is 42.5 Å². The van der Waals surface area contributed by atoms with Gasteiger partial charge in [0, 0.05) is 11.2 Å². The molecule has 176 valence electrons. The Bertz CT molecular complexity index is 1290. The first-order chi connectivity index (χ1) is 16.3. The summed E-state index contributed by atoms with van der Waals surface area (Å²) >= 11 is 0. The maximum absolute atomic E-state index is 13.8. The van der Waals surface area contributed by atoms with Gasteiger partial charge in [-0.2, -0.15) is 0 Å². The number of amides is 2. The molecule has 4 rings (SSSR count). The number of nitrogens with zero attached hydrogens (tertiary/aromatic N) is 4. The molecule has 0 aliphatic rings. The second kappa shape index (κ2) is 9.51. The predicted octanol–water partition coefficient (Wildman–Crippen LogP) is 4.41. The van der Waals surface area contributed by atoms with Crippen LogP contribution in [0.25, 0.3) is 11.0 Å². The molecule has 2 aromatic carbocycles. The highest BCUT2D eigenvalue weighted by Crippen LogP contribution is 2.30. The summed E-state index contributed by atoms with van der Waals surface area (Å²) in [6.45, 7) is 7.63. The Morgan fingerprint density at radius 2 is 1.76 bits per heavy atom. The summed E-state index contributed by atoms with van der Waals surface area (Å²) < 4.78 is 7.43. The zero-order valence-electron chi connectivity index (χ0n) is 19.9. The van der Waals surface area contributed by atoms with Crippen LogP contribution in [0.4, 0.5) is 5.69 Å². The Kier molecular flexibility index (Phi) is 6.49. The molecule has 0 radical (unpaired) electrons. The molecular formula is C26H29N5O3. The molecular weight excluding hydrogens is 430 g/mol. The van der Waals surface area contributed by atoms with Crippen molar-refractivity contribution in [3.63, 3.8) is 0 Å². The van der Waals surface area contributed by atoms with Crippen molar-refractivity contribution in [2.75, 3.05) is 4.90 Å². The molecule has 0 fully saturated rings. The fourth-order valence-electron chi connectivity index (χ4n) is 3.73. The number of fused-ring (bicyclic) bond motifs is 1. The van der Waals surface area contributed by atoms with Gasteiger partial charge in [-0.3, -0.25) is 14.5 Å². The number of rotatable bonds is 8. The van der Waals surface area contributed by atoms with Gasteiger partial charge >= 0.3 is 0 Å². The number of aryl methyl sites for hydroxylation is 1. The molecule has 1 unspecified atom stereocenters. The molecule has 0 bridgehead atoms. The summed E-state index contributed by atoms with van der Waals surface area (Å²) in [6, 6.07) is 19.1. The smallest absolute Gasteiger partial charge is 0.251 e. The van der Waals surface area contributed by atoms with Crippen LogP contribution < -0.4 is 10.2 Å². The Morgan fingerprint density at radius 3 is 2.44 bits per heavy atom. The maximum atomic E-state index is 13.8. The highest BCUT2D eigenvalue weighted by Gasteiger charge is 2.37. The van der Waals surface area contributed by atoms with Gasteiger partial charge in [0.25, 0.3) is 5.91 Å². The van der Waals surface area contributed by atoms with Crippen LogP contribution in [0.1, 0.15) is 44.8 Å². The second-order valence-corrected chi connectivity index (χ2v) is 8.91. The van der Waals surface area contributed by atoms with Crippen molar-refractivity contribution in [2.24, 2.45) is 0 Å². The minimum atomic E-state index is -0.996. The molecule has 1 N–H and O–H groups in total. The van der Waals surface area contributed by atoms with Gasteiger partial charge in [0.15, 0.2) is 6.04 Å². The van der Waals surface area contributed by atoms with E-state index < -0.39 is 11.6 Å². The van der Waals surface area contributed by atoms with Gasteiger partial charge < -0.3 is 9.73 Å². The number of aromatic nitrogens is 3. The molecule has 2 heterocycles. The van der Waals surface area contributed by atoms with Crippen molar-refractivity contribution in [2.45, 2.75) is 52.2 Å². The number of hydrogen-bond donors (Lipinski definition) is 1. The van der Waals surface area contributed by atoms with Crippen LogP contribution >= 0.6 is 0 Å². The van der Waals surface area contributed by atoms with Crippen LogP contribution in [0, 0.1) is 6.92 Å². The summed E-state index contributed by atoms with van der Waals surface area (Å²) in [6.07, 6.45) is 0.729. The number of nitrogens with one attached hydrogen (secondary N) is 1. The lowest BCUT2D eigenvalue weighted by Crippen LogP contribution is -2.51. The van der Waals surface area contributed by atoms with E-state index in [0.29, 0.717) is 22.7 Å². The molecule has 0 spiro atoms. The highest BCUT2D eigenvalue weighted by molar-refractivity contribution is 6.01. The van der Waals surface area contributed by atoms with E-state index in [1.807, 2.05) is 70.2 Å². The van der Waals surface area contributed by atoms with E-state index in [1.165, 1.54) is 4.90 Å². The molecule has 8 nitrogen and oxygen atoms in total. The van der Waals surface area contributed by atoms with Gasteiger partial charge in [-0.15, -0.1) is 5.10 Å². The number of hydrogen-bond acceptors (Lipinski definition) is 5. The standard InChI is InChI=1S/C26H29N5O3/c1-5-26(3,4)27-25(33)24(22-16-15-18(2)34-22)31(19-11-7-6-8-12-19)23(32)17-30-21-14-10-9-13-20(21)28-29-30/h6-16,24H,5,17H2,1-4H3,(H,27,33). The zero-order valence-corrected chi connectivity index (χ0v) is 19.9. The van der Waals surface area contributed by atoms with Gasteiger partial charge in [-0.05, 0) is 63.6 Å². The van der Waals surface area contributed by atoms with Crippen LogP contribution in [0.2, 0.25) is 0 Å². The van der Waals surface area contributed by atoms with Crippen LogP contribution in [-0.2, 0) is 16.1 Å².